The molecular weight excluding hydrogens is 256 g/mol. The Hall–Kier alpha value is -0.860. The molecule has 0 aromatic heterocycles. The van der Waals surface area contributed by atoms with Gasteiger partial charge in [0.05, 0.1) is 0 Å². The summed E-state index contributed by atoms with van der Waals surface area (Å²) in [5.41, 5.74) is 1.43. The predicted octanol–water partition coefficient (Wildman–Crippen LogP) is 3.70. The van der Waals surface area contributed by atoms with Gasteiger partial charge in [-0.15, -0.1) is 0 Å². The van der Waals surface area contributed by atoms with Gasteiger partial charge < -0.3 is 5.32 Å². The number of benzene rings is 1. The van der Waals surface area contributed by atoms with Crippen LogP contribution >= 0.6 is 0 Å². The van der Waals surface area contributed by atoms with Crippen LogP contribution in [0.4, 0.5) is 0 Å². The highest BCUT2D eigenvalue weighted by Gasteiger charge is 2.35. The Labute approximate surface area is 129 Å². The summed E-state index contributed by atoms with van der Waals surface area (Å²) >= 11 is 0. The summed E-state index contributed by atoms with van der Waals surface area (Å²) in [5.74, 6) is 2.59. The van der Waals surface area contributed by atoms with Crippen LogP contribution in [0.2, 0.25) is 0 Å². The van der Waals surface area contributed by atoms with Gasteiger partial charge in [0.1, 0.15) is 0 Å². The average Bonchev–Trinajstić information content (AvgIpc) is 3.32. The molecule has 3 atom stereocenters. The number of hydrogen-bond donors (Lipinski definition) is 1. The van der Waals surface area contributed by atoms with E-state index in [9.17, 15) is 0 Å². The fraction of sp³-hybridized carbons (Fsp3) is 0.684. The predicted molar refractivity (Wildman–Crippen MR) is 89.3 cm³/mol. The van der Waals surface area contributed by atoms with Crippen LogP contribution in [0.3, 0.4) is 0 Å². The van der Waals surface area contributed by atoms with Crippen molar-refractivity contribution in [3.8, 4) is 0 Å². The third-order valence-electron chi connectivity index (χ3n) is 5.38. The molecule has 2 fully saturated rings. The van der Waals surface area contributed by atoms with E-state index in [4.69, 9.17) is 0 Å². The van der Waals surface area contributed by atoms with Crippen LogP contribution in [-0.4, -0.2) is 30.6 Å². The highest BCUT2D eigenvalue weighted by Crippen LogP contribution is 2.37. The van der Waals surface area contributed by atoms with Crippen molar-refractivity contribution in [2.75, 3.05) is 19.6 Å². The zero-order chi connectivity index (χ0) is 14.8. The van der Waals surface area contributed by atoms with Crippen molar-refractivity contribution in [2.24, 2.45) is 17.8 Å². The maximum Gasteiger partial charge on any atom is 0.0449 e. The second-order valence-corrected chi connectivity index (χ2v) is 7.45. The zero-order valence-corrected chi connectivity index (χ0v) is 13.8. The maximum atomic E-state index is 3.77. The van der Waals surface area contributed by atoms with Crippen LogP contribution in [-0.2, 0) is 0 Å². The molecule has 2 nitrogen and oxygen atoms in total. The molecule has 1 aromatic carbocycles. The topological polar surface area (TPSA) is 15.3 Å². The van der Waals surface area contributed by atoms with E-state index in [1.165, 1.54) is 24.9 Å². The molecule has 0 spiro atoms. The summed E-state index contributed by atoms with van der Waals surface area (Å²) in [6, 6.07) is 12.1. The molecule has 2 aliphatic rings. The molecule has 0 amide bonds. The lowest BCUT2D eigenvalue weighted by Gasteiger charge is -2.43. The standard InChI is InChI=1S/C19H30N2/c1-14(2)19-11-20-18(17-7-5-4-6-8-17)13-21(19)12-15(3)16-9-10-16/h4-8,14-16,18-20H,9-13H2,1-3H3. The Morgan fingerprint density at radius 3 is 2.48 bits per heavy atom. The smallest absolute Gasteiger partial charge is 0.0449 e. The summed E-state index contributed by atoms with van der Waals surface area (Å²) in [7, 11) is 0. The van der Waals surface area contributed by atoms with Crippen LogP contribution in [0, 0.1) is 17.8 Å². The van der Waals surface area contributed by atoms with E-state index in [0.29, 0.717) is 12.1 Å². The van der Waals surface area contributed by atoms with Crippen LogP contribution in [0.25, 0.3) is 0 Å². The molecule has 1 heterocycles. The molecule has 1 aromatic rings. The normalized spacial score (nSPS) is 28.8. The van der Waals surface area contributed by atoms with Gasteiger partial charge in [0.2, 0.25) is 0 Å². The molecule has 1 aliphatic carbocycles. The minimum absolute atomic E-state index is 0.493. The second kappa shape index (κ2) is 6.50. The maximum absolute atomic E-state index is 3.77. The van der Waals surface area contributed by atoms with Crippen LogP contribution in [0.15, 0.2) is 30.3 Å². The first-order valence-corrected chi connectivity index (χ1v) is 8.67. The Morgan fingerprint density at radius 2 is 1.86 bits per heavy atom. The fourth-order valence-corrected chi connectivity index (χ4v) is 3.79. The van der Waals surface area contributed by atoms with E-state index in [1.807, 2.05) is 0 Å². The third kappa shape index (κ3) is 3.67. The van der Waals surface area contributed by atoms with Gasteiger partial charge >= 0.3 is 0 Å². The second-order valence-electron chi connectivity index (χ2n) is 7.45. The van der Waals surface area contributed by atoms with Crippen molar-refractivity contribution in [3.05, 3.63) is 35.9 Å². The van der Waals surface area contributed by atoms with Crippen molar-refractivity contribution >= 4 is 0 Å². The molecule has 1 aliphatic heterocycles. The number of nitrogens with zero attached hydrogens (tertiary/aromatic N) is 1. The summed E-state index contributed by atoms with van der Waals surface area (Å²) in [6.45, 7) is 10.7. The zero-order valence-electron chi connectivity index (χ0n) is 13.8. The Bertz CT molecular complexity index is 438. The summed E-state index contributed by atoms with van der Waals surface area (Å²) in [4.78, 5) is 2.77. The summed E-state index contributed by atoms with van der Waals surface area (Å²) < 4.78 is 0. The van der Waals surface area contributed by atoms with Gasteiger partial charge in [-0.1, -0.05) is 51.1 Å². The highest BCUT2D eigenvalue weighted by atomic mass is 15.2. The Morgan fingerprint density at radius 1 is 1.14 bits per heavy atom. The molecule has 0 radical (unpaired) electrons. The number of nitrogens with one attached hydrogen (secondary N) is 1. The third-order valence-corrected chi connectivity index (χ3v) is 5.38. The van der Waals surface area contributed by atoms with Crippen LogP contribution in [0.5, 0.6) is 0 Å². The largest absolute Gasteiger partial charge is 0.307 e. The Balaban J connectivity index is 1.68. The number of rotatable bonds is 5. The van der Waals surface area contributed by atoms with Gasteiger partial charge in [-0.05, 0) is 36.2 Å². The van der Waals surface area contributed by atoms with E-state index in [2.05, 4.69) is 61.3 Å². The lowest BCUT2D eigenvalue weighted by atomic mass is 9.93. The first kappa shape index (κ1) is 15.1. The number of hydrogen-bond acceptors (Lipinski definition) is 2. The van der Waals surface area contributed by atoms with Gasteiger partial charge in [0, 0.05) is 31.7 Å². The van der Waals surface area contributed by atoms with Gasteiger partial charge in [-0.2, -0.15) is 0 Å². The molecule has 2 heteroatoms. The van der Waals surface area contributed by atoms with Gasteiger partial charge in [-0.3, -0.25) is 4.90 Å². The summed E-state index contributed by atoms with van der Waals surface area (Å²) in [5, 5.41) is 3.77. The van der Waals surface area contributed by atoms with Gasteiger partial charge in [0.25, 0.3) is 0 Å². The molecule has 1 saturated heterocycles. The van der Waals surface area contributed by atoms with E-state index in [1.54, 1.807) is 0 Å². The minimum atomic E-state index is 0.493. The quantitative estimate of drug-likeness (QED) is 0.888. The van der Waals surface area contributed by atoms with E-state index >= 15 is 0 Å². The monoisotopic (exact) mass is 286 g/mol. The van der Waals surface area contributed by atoms with E-state index in [-0.39, 0.29) is 0 Å². The van der Waals surface area contributed by atoms with Crippen molar-refractivity contribution in [3.63, 3.8) is 0 Å². The lowest BCUT2D eigenvalue weighted by molar-refractivity contribution is 0.0803. The molecule has 116 valence electrons. The molecular formula is C19H30N2. The summed E-state index contributed by atoms with van der Waals surface area (Å²) in [6.07, 6.45) is 2.92. The molecule has 1 saturated carbocycles. The van der Waals surface area contributed by atoms with E-state index < -0.39 is 0 Å². The van der Waals surface area contributed by atoms with Gasteiger partial charge in [0.15, 0.2) is 0 Å². The fourth-order valence-electron chi connectivity index (χ4n) is 3.79. The molecule has 0 bridgehead atoms. The van der Waals surface area contributed by atoms with Crippen molar-refractivity contribution in [1.29, 1.82) is 0 Å². The minimum Gasteiger partial charge on any atom is -0.307 e. The average molecular weight is 286 g/mol. The van der Waals surface area contributed by atoms with Crippen molar-refractivity contribution in [1.82, 2.24) is 10.2 Å². The van der Waals surface area contributed by atoms with Crippen LogP contribution < -0.4 is 5.32 Å². The molecule has 3 unspecified atom stereocenters. The highest BCUT2D eigenvalue weighted by molar-refractivity contribution is 5.20. The van der Waals surface area contributed by atoms with Crippen molar-refractivity contribution in [2.45, 2.75) is 45.7 Å². The molecule has 21 heavy (non-hydrogen) atoms. The molecule has 3 rings (SSSR count). The Kier molecular flexibility index (Phi) is 4.66. The first-order chi connectivity index (χ1) is 10.1. The first-order valence-electron chi connectivity index (χ1n) is 8.67. The molecule has 1 N–H and O–H groups in total. The number of piperazine rings is 1. The van der Waals surface area contributed by atoms with E-state index in [0.717, 1.165) is 30.8 Å². The lowest BCUT2D eigenvalue weighted by Crippen LogP contribution is -2.55. The van der Waals surface area contributed by atoms with Crippen LogP contribution in [0.1, 0.15) is 45.2 Å². The van der Waals surface area contributed by atoms with Crippen molar-refractivity contribution < 1.29 is 0 Å². The van der Waals surface area contributed by atoms with Gasteiger partial charge in [-0.25, -0.2) is 0 Å². The SMILES string of the molecule is CC(C)C1CNC(c2ccccc2)CN1CC(C)C1CC1.